The van der Waals surface area contributed by atoms with Crippen LogP contribution >= 0.6 is 11.6 Å². The molecule has 0 aromatic heterocycles. The minimum Gasteiger partial charge on any atom is -0.543 e. The summed E-state index contributed by atoms with van der Waals surface area (Å²) >= 11 is 6.00. The van der Waals surface area contributed by atoms with Gasteiger partial charge in [0, 0.05) is 5.02 Å². The van der Waals surface area contributed by atoms with Crippen LogP contribution in [-0.4, -0.2) is 8.32 Å². The van der Waals surface area contributed by atoms with E-state index in [0.717, 1.165) is 16.3 Å². The van der Waals surface area contributed by atoms with Gasteiger partial charge in [-0.05, 0) is 42.8 Å². The lowest BCUT2D eigenvalue weighted by molar-refractivity contribution is 0.489. The molecule has 16 heavy (non-hydrogen) atoms. The molecule has 1 rings (SSSR count). The van der Waals surface area contributed by atoms with Gasteiger partial charge in [0.1, 0.15) is 5.75 Å². The van der Waals surface area contributed by atoms with E-state index in [9.17, 15) is 0 Å². The molecule has 0 aliphatic rings. The second-order valence-electron chi connectivity index (χ2n) is 5.77. The predicted octanol–water partition coefficient (Wildman–Crippen LogP) is 5.03. The standard InChI is InChI=1S/C13H21ClOSi/c1-10-7-8-11(14)9-12(10)15-16(5,6)13(2,3)4/h7-9H,1-6H3. The number of hydrogen-bond donors (Lipinski definition) is 0. The van der Waals surface area contributed by atoms with Gasteiger partial charge < -0.3 is 4.43 Å². The summed E-state index contributed by atoms with van der Waals surface area (Å²) in [6.45, 7) is 13.2. The molecular formula is C13H21ClOSi. The van der Waals surface area contributed by atoms with Crippen LogP contribution in [0.15, 0.2) is 18.2 Å². The van der Waals surface area contributed by atoms with Crippen molar-refractivity contribution in [2.24, 2.45) is 0 Å². The lowest BCUT2D eigenvalue weighted by atomic mass is 10.2. The number of rotatable bonds is 2. The van der Waals surface area contributed by atoms with Crippen LogP contribution in [0.25, 0.3) is 0 Å². The summed E-state index contributed by atoms with van der Waals surface area (Å²) in [4.78, 5) is 0. The van der Waals surface area contributed by atoms with Crippen molar-refractivity contribution in [3.8, 4) is 5.75 Å². The second kappa shape index (κ2) is 4.42. The first-order chi connectivity index (χ1) is 7.13. The summed E-state index contributed by atoms with van der Waals surface area (Å²) in [6.07, 6.45) is 0. The summed E-state index contributed by atoms with van der Waals surface area (Å²) in [6, 6.07) is 5.82. The van der Waals surface area contributed by atoms with E-state index in [1.807, 2.05) is 18.2 Å². The Balaban J connectivity index is 3.01. The molecule has 0 saturated carbocycles. The van der Waals surface area contributed by atoms with Crippen molar-refractivity contribution in [1.82, 2.24) is 0 Å². The molecule has 0 atom stereocenters. The zero-order chi connectivity index (χ0) is 12.6. The molecule has 1 aromatic rings. The van der Waals surface area contributed by atoms with Gasteiger partial charge in [-0.2, -0.15) is 0 Å². The topological polar surface area (TPSA) is 9.23 Å². The highest BCUT2D eigenvalue weighted by Crippen LogP contribution is 2.38. The van der Waals surface area contributed by atoms with Crippen LogP contribution < -0.4 is 4.43 Å². The molecule has 0 aliphatic carbocycles. The Morgan fingerprint density at radius 3 is 2.25 bits per heavy atom. The maximum Gasteiger partial charge on any atom is 0.250 e. The van der Waals surface area contributed by atoms with Gasteiger partial charge in [0.25, 0.3) is 0 Å². The van der Waals surface area contributed by atoms with Gasteiger partial charge in [-0.3, -0.25) is 0 Å². The van der Waals surface area contributed by atoms with Gasteiger partial charge >= 0.3 is 0 Å². The Kier molecular flexibility index (Phi) is 3.75. The van der Waals surface area contributed by atoms with Gasteiger partial charge in [0.15, 0.2) is 0 Å². The molecule has 1 nitrogen and oxygen atoms in total. The average molecular weight is 257 g/mol. The zero-order valence-electron chi connectivity index (χ0n) is 11.0. The third-order valence-corrected chi connectivity index (χ3v) is 7.90. The number of aryl methyl sites for hydroxylation is 1. The van der Waals surface area contributed by atoms with E-state index in [0.29, 0.717) is 0 Å². The Bertz CT molecular complexity index is 380. The molecule has 0 N–H and O–H groups in total. The molecule has 1 aromatic carbocycles. The first-order valence-electron chi connectivity index (χ1n) is 5.59. The number of hydrogen-bond acceptors (Lipinski definition) is 1. The Morgan fingerprint density at radius 1 is 1.19 bits per heavy atom. The van der Waals surface area contributed by atoms with Crippen LogP contribution in [-0.2, 0) is 0 Å². The molecule has 0 unspecified atom stereocenters. The van der Waals surface area contributed by atoms with Crippen LogP contribution in [0.1, 0.15) is 26.3 Å². The van der Waals surface area contributed by atoms with Crippen molar-refractivity contribution in [2.45, 2.75) is 45.8 Å². The van der Waals surface area contributed by atoms with Crippen LogP contribution in [0.5, 0.6) is 5.75 Å². The lowest BCUT2D eigenvalue weighted by Gasteiger charge is -2.36. The molecule has 0 bridgehead atoms. The normalized spacial score (nSPS) is 12.7. The van der Waals surface area contributed by atoms with Gasteiger partial charge in [-0.25, -0.2) is 0 Å². The summed E-state index contributed by atoms with van der Waals surface area (Å²) in [5.74, 6) is 0.930. The molecular weight excluding hydrogens is 236 g/mol. The maximum absolute atomic E-state index is 6.23. The van der Waals surface area contributed by atoms with E-state index in [2.05, 4.69) is 40.8 Å². The van der Waals surface area contributed by atoms with Crippen molar-refractivity contribution in [3.63, 3.8) is 0 Å². The highest BCUT2D eigenvalue weighted by molar-refractivity contribution is 6.74. The summed E-state index contributed by atoms with van der Waals surface area (Å²) in [5, 5.41) is 0.946. The van der Waals surface area contributed by atoms with Gasteiger partial charge in [-0.1, -0.05) is 38.4 Å². The van der Waals surface area contributed by atoms with E-state index < -0.39 is 8.32 Å². The first-order valence-corrected chi connectivity index (χ1v) is 8.87. The van der Waals surface area contributed by atoms with Crippen molar-refractivity contribution >= 4 is 19.9 Å². The average Bonchev–Trinajstić information content (AvgIpc) is 2.09. The van der Waals surface area contributed by atoms with E-state index >= 15 is 0 Å². The number of benzene rings is 1. The molecule has 0 heterocycles. The quantitative estimate of drug-likeness (QED) is 0.674. The minimum absolute atomic E-state index is 0.210. The van der Waals surface area contributed by atoms with Gasteiger partial charge in [0.05, 0.1) is 0 Å². The Labute approximate surface area is 105 Å². The predicted molar refractivity (Wildman–Crippen MR) is 74.0 cm³/mol. The van der Waals surface area contributed by atoms with Crippen molar-refractivity contribution in [2.75, 3.05) is 0 Å². The highest BCUT2D eigenvalue weighted by atomic mass is 35.5. The summed E-state index contributed by atoms with van der Waals surface area (Å²) < 4.78 is 6.23. The molecule has 0 spiro atoms. The van der Waals surface area contributed by atoms with Crippen molar-refractivity contribution in [1.29, 1.82) is 0 Å². The Hall–Kier alpha value is -0.473. The fourth-order valence-electron chi connectivity index (χ4n) is 1.11. The van der Waals surface area contributed by atoms with Crippen LogP contribution in [0.3, 0.4) is 0 Å². The monoisotopic (exact) mass is 256 g/mol. The van der Waals surface area contributed by atoms with E-state index in [1.54, 1.807) is 0 Å². The van der Waals surface area contributed by atoms with Gasteiger partial charge in [0.2, 0.25) is 8.32 Å². The summed E-state index contributed by atoms with van der Waals surface area (Å²) in [5.41, 5.74) is 1.15. The smallest absolute Gasteiger partial charge is 0.250 e. The third-order valence-electron chi connectivity index (χ3n) is 3.32. The summed E-state index contributed by atoms with van der Waals surface area (Å²) in [7, 11) is -1.76. The second-order valence-corrected chi connectivity index (χ2v) is 10.9. The zero-order valence-corrected chi connectivity index (χ0v) is 12.8. The van der Waals surface area contributed by atoms with Crippen LogP contribution in [0, 0.1) is 6.92 Å². The van der Waals surface area contributed by atoms with Crippen molar-refractivity contribution in [3.05, 3.63) is 28.8 Å². The molecule has 0 saturated heterocycles. The molecule has 0 amide bonds. The fraction of sp³-hybridized carbons (Fsp3) is 0.538. The van der Waals surface area contributed by atoms with E-state index in [1.165, 1.54) is 0 Å². The van der Waals surface area contributed by atoms with Crippen LogP contribution in [0.4, 0.5) is 0 Å². The van der Waals surface area contributed by atoms with E-state index in [4.69, 9.17) is 16.0 Å². The van der Waals surface area contributed by atoms with Gasteiger partial charge in [-0.15, -0.1) is 0 Å². The minimum atomic E-state index is -1.76. The first kappa shape index (κ1) is 13.6. The molecule has 0 fully saturated rings. The molecule has 0 aliphatic heterocycles. The molecule has 3 heteroatoms. The fourth-order valence-corrected chi connectivity index (χ4v) is 2.35. The van der Waals surface area contributed by atoms with Crippen LogP contribution in [0.2, 0.25) is 23.2 Å². The molecule has 0 radical (unpaired) electrons. The molecule has 90 valence electrons. The van der Waals surface area contributed by atoms with E-state index in [-0.39, 0.29) is 5.04 Å². The maximum atomic E-state index is 6.23. The largest absolute Gasteiger partial charge is 0.543 e. The lowest BCUT2D eigenvalue weighted by Crippen LogP contribution is -2.44. The number of halogens is 1. The third kappa shape index (κ3) is 3.02. The SMILES string of the molecule is Cc1ccc(Cl)cc1O[Si](C)(C)C(C)(C)C. The van der Waals surface area contributed by atoms with Crippen molar-refractivity contribution < 1.29 is 4.43 Å². The Morgan fingerprint density at radius 2 is 1.75 bits per heavy atom. The highest BCUT2D eigenvalue weighted by Gasteiger charge is 2.39.